The quantitative estimate of drug-likeness (QED) is 0.236. The zero-order chi connectivity index (χ0) is 27.9. The van der Waals surface area contributed by atoms with E-state index in [0.717, 1.165) is 25.9 Å². The normalized spacial score (nSPS) is 14.4. The molecule has 1 aliphatic rings. The van der Waals surface area contributed by atoms with Gasteiger partial charge in [-0.25, -0.2) is 0 Å². The third kappa shape index (κ3) is 4.05. The van der Waals surface area contributed by atoms with Gasteiger partial charge in [-0.1, -0.05) is 0 Å². The second kappa shape index (κ2) is 10.2. The third-order valence-corrected chi connectivity index (χ3v) is 20.8. The van der Waals surface area contributed by atoms with Gasteiger partial charge in [0.2, 0.25) is 0 Å². The number of rotatable bonds is 5. The molecule has 41 heavy (non-hydrogen) atoms. The summed E-state index contributed by atoms with van der Waals surface area (Å²) >= 11 is -3.74. The number of nitrogens with zero attached hydrogens (tertiary/aromatic N) is 1. The van der Waals surface area contributed by atoms with Crippen LogP contribution in [0.4, 0.5) is 17.1 Å². The van der Waals surface area contributed by atoms with Gasteiger partial charge in [-0.05, 0) is 0 Å². The van der Waals surface area contributed by atoms with Crippen LogP contribution in [0.1, 0.15) is 0 Å². The molecule has 0 saturated heterocycles. The first kappa shape index (κ1) is 25.6. The molecular formula is C36H27GeNO2S. The van der Waals surface area contributed by atoms with Crippen LogP contribution in [0.25, 0.3) is 0 Å². The topological polar surface area (TPSA) is 37.4 Å². The maximum atomic E-state index is 14.5. The molecule has 3 nitrogen and oxygen atoms in total. The average molecular weight is 610 g/mol. The average Bonchev–Trinajstić information content (AvgIpc) is 3.04. The van der Waals surface area contributed by atoms with Crippen LogP contribution < -0.4 is 22.5 Å². The molecule has 0 saturated carbocycles. The van der Waals surface area contributed by atoms with Crippen LogP contribution in [0.15, 0.2) is 174 Å². The minimum atomic E-state index is -3.79. The molecule has 0 spiro atoms. The van der Waals surface area contributed by atoms with Crippen LogP contribution in [-0.4, -0.2) is 21.7 Å². The van der Waals surface area contributed by atoms with Crippen LogP contribution in [0.5, 0.6) is 0 Å². The van der Waals surface area contributed by atoms with E-state index < -0.39 is 23.1 Å². The van der Waals surface area contributed by atoms with Gasteiger partial charge in [0, 0.05) is 0 Å². The Morgan fingerprint density at radius 3 is 1.39 bits per heavy atom. The summed E-state index contributed by atoms with van der Waals surface area (Å²) in [5.74, 6) is 0. The summed E-state index contributed by atoms with van der Waals surface area (Å²) in [5.41, 5.74) is 2.74. The summed E-state index contributed by atoms with van der Waals surface area (Å²) in [6.07, 6.45) is 0. The first-order chi connectivity index (χ1) is 20.1. The minimum absolute atomic E-state index is 0.401. The van der Waals surface area contributed by atoms with Crippen molar-refractivity contribution in [3.63, 3.8) is 0 Å². The van der Waals surface area contributed by atoms with E-state index in [-0.39, 0.29) is 0 Å². The molecule has 0 aliphatic carbocycles. The van der Waals surface area contributed by atoms with Crippen LogP contribution in [0.3, 0.4) is 0 Å². The van der Waals surface area contributed by atoms with E-state index in [1.807, 2.05) is 97.1 Å². The molecule has 0 aromatic heterocycles. The van der Waals surface area contributed by atoms with Crippen molar-refractivity contribution in [2.45, 2.75) is 9.79 Å². The van der Waals surface area contributed by atoms with E-state index in [1.54, 1.807) is 6.07 Å². The molecule has 1 heterocycles. The van der Waals surface area contributed by atoms with Crippen molar-refractivity contribution < 1.29 is 8.42 Å². The molecular weight excluding hydrogens is 583 g/mol. The Kier molecular flexibility index (Phi) is 6.37. The summed E-state index contributed by atoms with van der Waals surface area (Å²) in [4.78, 5) is 2.94. The van der Waals surface area contributed by atoms with Gasteiger partial charge in [0.25, 0.3) is 0 Å². The fourth-order valence-corrected chi connectivity index (χ4v) is 21.1. The summed E-state index contributed by atoms with van der Waals surface area (Å²) in [6.45, 7) is 0. The number of para-hydroxylation sites is 2. The van der Waals surface area contributed by atoms with Crippen molar-refractivity contribution in [1.29, 1.82) is 0 Å². The molecule has 0 N–H and O–H groups in total. The number of anilines is 3. The van der Waals surface area contributed by atoms with Crippen molar-refractivity contribution in [2.75, 3.05) is 4.90 Å². The number of fused-ring (bicyclic) bond motifs is 2. The van der Waals surface area contributed by atoms with Gasteiger partial charge in [-0.3, -0.25) is 0 Å². The fraction of sp³-hybridized carbons (Fsp3) is 0. The maximum absolute atomic E-state index is 14.5. The Bertz CT molecular complexity index is 1870. The van der Waals surface area contributed by atoms with Crippen LogP contribution in [-0.2, 0) is 9.84 Å². The van der Waals surface area contributed by atoms with Crippen molar-refractivity contribution >= 4 is 57.7 Å². The molecule has 0 unspecified atom stereocenters. The summed E-state index contributed by atoms with van der Waals surface area (Å²) in [6, 6.07) is 55.0. The first-order valence-corrected chi connectivity index (χ1v) is 19.3. The monoisotopic (exact) mass is 611 g/mol. The molecule has 5 heteroatoms. The zero-order valence-corrected chi connectivity index (χ0v) is 25.2. The van der Waals surface area contributed by atoms with E-state index in [1.165, 1.54) is 8.79 Å². The van der Waals surface area contributed by atoms with Crippen molar-refractivity contribution in [1.82, 2.24) is 0 Å². The molecule has 6 aromatic carbocycles. The van der Waals surface area contributed by atoms with Gasteiger partial charge < -0.3 is 0 Å². The number of sulfone groups is 1. The Morgan fingerprint density at radius 2 is 0.854 bits per heavy atom. The van der Waals surface area contributed by atoms with Gasteiger partial charge in [-0.15, -0.1) is 0 Å². The molecule has 6 aromatic rings. The van der Waals surface area contributed by atoms with Crippen molar-refractivity contribution in [3.05, 3.63) is 164 Å². The molecule has 0 radical (unpaired) electrons. The van der Waals surface area contributed by atoms with Crippen LogP contribution >= 0.6 is 0 Å². The number of hydrogen-bond acceptors (Lipinski definition) is 3. The van der Waals surface area contributed by atoms with E-state index in [2.05, 4.69) is 65.6 Å². The summed E-state index contributed by atoms with van der Waals surface area (Å²) in [7, 11) is -3.79. The molecule has 0 atom stereocenters. The molecule has 0 fully saturated rings. The molecule has 7 rings (SSSR count). The zero-order valence-electron chi connectivity index (χ0n) is 22.3. The van der Waals surface area contributed by atoms with Crippen LogP contribution in [0, 0.1) is 0 Å². The number of benzene rings is 6. The summed E-state index contributed by atoms with van der Waals surface area (Å²) in [5, 5.41) is 0. The van der Waals surface area contributed by atoms with Crippen LogP contribution in [0.2, 0.25) is 0 Å². The Balaban J connectivity index is 1.58. The van der Waals surface area contributed by atoms with Gasteiger partial charge in [0.15, 0.2) is 0 Å². The van der Waals surface area contributed by atoms with Crippen molar-refractivity contribution in [2.24, 2.45) is 0 Å². The summed E-state index contributed by atoms with van der Waals surface area (Å²) < 4.78 is 33.3. The first-order valence-electron chi connectivity index (χ1n) is 13.6. The van der Waals surface area contributed by atoms with E-state index in [4.69, 9.17) is 0 Å². The van der Waals surface area contributed by atoms with Gasteiger partial charge in [0.1, 0.15) is 0 Å². The van der Waals surface area contributed by atoms with E-state index in [0.29, 0.717) is 9.79 Å². The predicted octanol–water partition coefficient (Wildman–Crippen LogP) is 5.68. The predicted molar refractivity (Wildman–Crippen MR) is 170 cm³/mol. The Labute approximate surface area is 243 Å². The second-order valence-corrected chi connectivity index (χ2v) is 19.9. The molecule has 1 aliphatic heterocycles. The fourth-order valence-electron chi connectivity index (χ4n) is 6.22. The molecule has 198 valence electrons. The van der Waals surface area contributed by atoms with Gasteiger partial charge in [-0.2, -0.15) is 0 Å². The Morgan fingerprint density at radius 1 is 0.415 bits per heavy atom. The second-order valence-electron chi connectivity index (χ2n) is 10.2. The SMILES string of the molecule is O=S1(=O)c2cccc[c]2[Ge]([c]2ccccc2)([c]2ccccc2)[c]2ccc(N(c3ccccc3)c3ccccc3)cc21. The van der Waals surface area contributed by atoms with E-state index in [9.17, 15) is 8.42 Å². The van der Waals surface area contributed by atoms with Crippen molar-refractivity contribution in [3.8, 4) is 0 Å². The van der Waals surface area contributed by atoms with Gasteiger partial charge >= 0.3 is 245 Å². The van der Waals surface area contributed by atoms with E-state index >= 15 is 0 Å². The van der Waals surface area contributed by atoms with Gasteiger partial charge in [0.05, 0.1) is 0 Å². The molecule has 0 amide bonds. The molecule has 0 bridgehead atoms. The number of hydrogen-bond donors (Lipinski definition) is 0. The Hall–Kier alpha value is -4.39. The standard InChI is InChI=1S/C36H27GeNO2S/c39-41(40)35-24-14-13-23-33(35)37(28-15-5-1-6-16-28,29-17-7-2-8-18-29)34-26-25-32(27-36(34)41)38(30-19-9-3-10-20-30)31-21-11-4-12-22-31/h1-27H. The third-order valence-electron chi connectivity index (χ3n) is 7.94.